The number of amides is 2. The summed E-state index contributed by atoms with van der Waals surface area (Å²) in [6, 6.07) is 21.5. The zero-order valence-corrected chi connectivity index (χ0v) is 16.0. The first kappa shape index (κ1) is 18.2. The summed E-state index contributed by atoms with van der Waals surface area (Å²) in [5.74, 6) is -0.206. The molecule has 0 aromatic heterocycles. The molecule has 0 saturated carbocycles. The third-order valence-electron chi connectivity index (χ3n) is 5.43. The van der Waals surface area contributed by atoms with Gasteiger partial charge < -0.3 is 10.2 Å². The van der Waals surface area contributed by atoms with E-state index in [0.29, 0.717) is 18.7 Å². The number of anilines is 1. The maximum atomic E-state index is 12.9. The Hall–Kier alpha value is -3.14. The Balaban J connectivity index is 1.47. The van der Waals surface area contributed by atoms with Gasteiger partial charge in [0.25, 0.3) is 5.91 Å². The molecule has 1 unspecified atom stereocenters. The van der Waals surface area contributed by atoms with Crippen LogP contribution in [0.5, 0.6) is 0 Å². The number of likely N-dealkylation sites (tertiary alicyclic amines) is 1. The number of carbonyl (C=O) groups excluding carboxylic acids is 2. The minimum absolute atomic E-state index is 0.00246. The molecular weight excluding hydrogens is 348 g/mol. The molecule has 1 saturated heterocycles. The zero-order chi connectivity index (χ0) is 19.5. The number of hydrogen-bond acceptors (Lipinski definition) is 2. The Bertz CT molecular complexity index is 1010. The number of aryl methyl sites for hydroxylation is 1. The number of fused-ring (bicyclic) bond motifs is 1. The average molecular weight is 372 g/mol. The van der Waals surface area contributed by atoms with Crippen LogP contribution in [0.1, 0.15) is 28.8 Å². The third-order valence-corrected chi connectivity index (χ3v) is 5.43. The molecule has 0 radical (unpaired) electrons. The highest BCUT2D eigenvalue weighted by Crippen LogP contribution is 2.25. The van der Waals surface area contributed by atoms with Crippen molar-refractivity contribution >= 4 is 28.3 Å². The molecule has 1 aliphatic heterocycles. The van der Waals surface area contributed by atoms with Crippen molar-refractivity contribution in [2.24, 2.45) is 5.92 Å². The van der Waals surface area contributed by atoms with Gasteiger partial charge in [0.1, 0.15) is 0 Å². The van der Waals surface area contributed by atoms with E-state index in [2.05, 4.69) is 5.32 Å². The van der Waals surface area contributed by atoms with E-state index in [1.54, 1.807) is 0 Å². The van der Waals surface area contributed by atoms with Gasteiger partial charge in [-0.25, -0.2) is 0 Å². The van der Waals surface area contributed by atoms with Gasteiger partial charge >= 0.3 is 0 Å². The van der Waals surface area contributed by atoms with E-state index in [9.17, 15) is 9.59 Å². The van der Waals surface area contributed by atoms with Crippen LogP contribution >= 0.6 is 0 Å². The summed E-state index contributed by atoms with van der Waals surface area (Å²) in [5.41, 5.74) is 2.63. The fraction of sp³-hybridized carbons (Fsp3) is 0.250. The number of piperidine rings is 1. The van der Waals surface area contributed by atoms with Crippen molar-refractivity contribution in [1.82, 2.24) is 4.90 Å². The van der Waals surface area contributed by atoms with Crippen LogP contribution < -0.4 is 5.32 Å². The molecule has 1 N–H and O–H groups in total. The van der Waals surface area contributed by atoms with E-state index in [0.717, 1.165) is 34.9 Å². The van der Waals surface area contributed by atoms with Gasteiger partial charge in [0.2, 0.25) is 5.91 Å². The molecule has 0 bridgehead atoms. The minimum atomic E-state index is -0.192. The predicted molar refractivity (Wildman–Crippen MR) is 112 cm³/mol. The van der Waals surface area contributed by atoms with Gasteiger partial charge in [0.05, 0.1) is 5.92 Å². The van der Waals surface area contributed by atoms with E-state index in [1.165, 1.54) is 0 Å². The molecule has 4 rings (SSSR count). The van der Waals surface area contributed by atoms with Crippen molar-refractivity contribution in [2.75, 3.05) is 18.4 Å². The van der Waals surface area contributed by atoms with E-state index >= 15 is 0 Å². The van der Waals surface area contributed by atoms with Gasteiger partial charge in [-0.05, 0) is 43.4 Å². The van der Waals surface area contributed by atoms with Crippen molar-refractivity contribution < 1.29 is 9.59 Å². The van der Waals surface area contributed by atoms with Gasteiger partial charge in [-0.1, -0.05) is 54.1 Å². The lowest BCUT2D eigenvalue weighted by Gasteiger charge is -2.32. The molecule has 28 heavy (non-hydrogen) atoms. The van der Waals surface area contributed by atoms with Gasteiger partial charge in [-0.3, -0.25) is 9.59 Å². The van der Waals surface area contributed by atoms with Crippen molar-refractivity contribution in [1.29, 1.82) is 0 Å². The van der Waals surface area contributed by atoms with Crippen molar-refractivity contribution in [3.8, 4) is 0 Å². The molecule has 1 aliphatic rings. The van der Waals surface area contributed by atoms with E-state index in [-0.39, 0.29) is 17.7 Å². The van der Waals surface area contributed by atoms with Gasteiger partial charge in [0.15, 0.2) is 0 Å². The third kappa shape index (κ3) is 3.77. The van der Waals surface area contributed by atoms with Gasteiger partial charge in [-0.2, -0.15) is 0 Å². The molecule has 142 valence electrons. The summed E-state index contributed by atoms with van der Waals surface area (Å²) in [5, 5.41) is 5.21. The lowest BCUT2D eigenvalue weighted by Crippen LogP contribution is -2.43. The normalized spacial score (nSPS) is 16.8. The summed E-state index contributed by atoms with van der Waals surface area (Å²) in [7, 11) is 0. The molecular formula is C24H24N2O2. The van der Waals surface area contributed by atoms with E-state index in [4.69, 9.17) is 0 Å². The number of benzene rings is 3. The first-order chi connectivity index (χ1) is 13.6. The van der Waals surface area contributed by atoms with Gasteiger partial charge in [-0.15, -0.1) is 0 Å². The molecule has 0 aliphatic carbocycles. The lowest BCUT2D eigenvalue weighted by molar-refractivity contribution is -0.121. The summed E-state index contributed by atoms with van der Waals surface area (Å²) in [6.45, 7) is 3.16. The van der Waals surface area contributed by atoms with Gasteiger partial charge in [0, 0.05) is 29.7 Å². The van der Waals surface area contributed by atoms with Crippen LogP contribution in [0.15, 0.2) is 66.7 Å². The summed E-state index contributed by atoms with van der Waals surface area (Å²) in [6.07, 6.45) is 1.64. The van der Waals surface area contributed by atoms with Crippen molar-refractivity contribution in [2.45, 2.75) is 19.8 Å². The van der Waals surface area contributed by atoms with Crippen LogP contribution in [0.4, 0.5) is 5.69 Å². The van der Waals surface area contributed by atoms with E-state index in [1.807, 2.05) is 78.6 Å². The summed E-state index contributed by atoms with van der Waals surface area (Å²) in [4.78, 5) is 27.5. The largest absolute Gasteiger partial charge is 0.338 e. The molecule has 4 heteroatoms. The average Bonchev–Trinajstić information content (AvgIpc) is 2.74. The Morgan fingerprint density at radius 2 is 1.71 bits per heavy atom. The predicted octanol–water partition coefficient (Wildman–Crippen LogP) is 4.64. The molecule has 0 spiro atoms. The quantitative estimate of drug-likeness (QED) is 0.728. The number of rotatable bonds is 3. The molecule has 3 aromatic carbocycles. The van der Waals surface area contributed by atoms with Crippen LogP contribution in [-0.2, 0) is 4.79 Å². The highest BCUT2D eigenvalue weighted by atomic mass is 16.2. The highest BCUT2D eigenvalue weighted by molar-refractivity contribution is 6.03. The fourth-order valence-electron chi connectivity index (χ4n) is 3.82. The van der Waals surface area contributed by atoms with E-state index < -0.39 is 0 Å². The smallest absolute Gasteiger partial charge is 0.253 e. The van der Waals surface area contributed by atoms with Crippen LogP contribution in [-0.4, -0.2) is 29.8 Å². The Morgan fingerprint density at radius 3 is 2.54 bits per heavy atom. The first-order valence-electron chi connectivity index (χ1n) is 9.76. The highest BCUT2D eigenvalue weighted by Gasteiger charge is 2.29. The molecule has 4 nitrogen and oxygen atoms in total. The Kier molecular flexibility index (Phi) is 5.11. The standard InChI is InChI=1S/C24H24N2O2/c1-17-11-13-19(14-12-17)24(28)26-15-5-8-20(16-26)23(27)25-22-10-4-7-18-6-2-3-9-21(18)22/h2-4,6-7,9-14,20H,5,8,15-16H2,1H3,(H,25,27). The van der Waals surface area contributed by atoms with Crippen molar-refractivity contribution in [3.05, 3.63) is 77.9 Å². The lowest BCUT2D eigenvalue weighted by atomic mass is 9.96. The first-order valence-corrected chi connectivity index (χ1v) is 9.76. The zero-order valence-electron chi connectivity index (χ0n) is 16.0. The maximum absolute atomic E-state index is 12.9. The van der Waals surface area contributed by atoms with Crippen LogP contribution in [0, 0.1) is 12.8 Å². The van der Waals surface area contributed by atoms with Crippen molar-refractivity contribution in [3.63, 3.8) is 0 Å². The topological polar surface area (TPSA) is 49.4 Å². The number of nitrogens with zero attached hydrogens (tertiary/aromatic N) is 1. The SMILES string of the molecule is Cc1ccc(C(=O)N2CCCC(C(=O)Nc3cccc4ccccc34)C2)cc1. The molecule has 1 heterocycles. The fourth-order valence-corrected chi connectivity index (χ4v) is 3.82. The second-order valence-corrected chi connectivity index (χ2v) is 7.47. The Morgan fingerprint density at radius 1 is 0.964 bits per heavy atom. The summed E-state index contributed by atoms with van der Waals surface area (Å²) < 4.78 is 0. The number of carbonyl (C=O) groups is 2. The maximum Gasteiger partial charge on any atom is 0.253 e. The molecule has 2 amide bonds. The van der Waals surface area contributed by atoms with Crippen LogP contribution in [0.2, 0.25) is 0 Å². The monoisotopic (exact) mass is 372 g/mol. The second-order valence-electron chi connectivity index (χ2n) is 7.47. The van der Waals surface area contributed by atoms with Crippen LogP contribution in [0.25, 0.3) is 10.8 Å². The minimum Gasteiger partial charge on any atom is -0.338 e. The molecule has 1 fully saturated rings. The summed E-state index contributed by atoms with van der Waals surface area (Å²) >= 11 is 0. The Labute approximate surface area is 165 Å². The van der Waals surface area contributed by atoms with Crippen LogP contribution in [0.3, 0.4) is 0 Å². The number of nitrogens with one attached hydrogen (secondary N) is 1. The molecule has 1 atom stereocenters. The second kappa shape index (κ2) is 7.85. The number of hydrogen-bond donors (Lipinski definition) is 1. The molecule has 3 aromatic rings.